The van der Waals surface area contributed by atoms with Crippen LogP contribution in [-0.2, 0) is 18.6 Å². The summed E-state index contributed by atoms with van der Waals surface area (Å²) in [6.45, 7) is 2.15. The Morgan fingerprint density at radius 2 is 1.95 bits per heavy atom. The largest absolute Gasteiger partial charge is 0.260 e. The van der Waals surface area contributed by atoms with E-state index in [1.54, 1.807) is 11.8 Å². The lowest BCUT2D eigenvalue weighted by atomic mass is 10.1. The van der Waals surface area contributed by atoms with Gasteiger partial charge in [-0.3, -0.25) is 4.98 Å². The fraction of sp³-hybridized carbons (Fsp3) is 0.263. The second-order valence-electron chi connectivity index (χ2n) is 5.89. The molecule has 1 aliphatic carbocycles. The van der Waals surface area contributed by atoms with Crippen molar-refractivity contribution >= 4 is 22.7 Å². The molecule has 0 aliphatic heterocycles. The zero-order chi connectivity index (χ0) is 14.9. The number of hydrogen-bond acceptors (Lipinski definition) is 3. The van der Waals surface area contributed by atoms with E-state index in [4.69, 9.17) is 4.98 Å². The number of aryl methyl sites for hydroxylation is 3. The first-order valence-corrected chi connectivity index (χ1v) is 8.74. The second-order valence-corrected chi connectivity index (χ2v) is 6.85. The Balaban J connectivity index is 1.66. The summed E-state index contributed by atoms with van der Waals surface area (Å²) in [6, 6.07) is 13.0. The number of nitrogens with zero attached hydrogens (tertiary/aromatic N) is 2. The predicted molar refractivity (Wildman–Crippen MR) is 92.3 cm³/mol. The van der Waals surface area contributed by atoms with Crippen LogP contribution >= 0.6 is 11.8 Å². The maximum absolute atomic E-state index is 4.90. The average Bonchev–Trinajstić information content (AvgIpc) is 2.99. The van der Waals surface area contributed by atoms with Crippen LogP contribution in [0.4, 0.5) is 0 Å². The summed E-state index contributed by atoms with van der Waals surface area (Å²) in [4.78, 5) is 9.29. The highest BCUT2D eigenvalue weighted by Gasteiger charge is 2.13. The van der Waals surface area contributed by atoms with Crippen LogP contribution in [-0.4, -0.2) is 9.97 Å². The summed E-state index contributed by atoms with van der Waals surface area (Å²) >= 11 is 1.77. The number of aromatic nitrogens is 2. The lowest BCUT2D eigenvalue weighted by Crippen LogP contribution is -1.92. The van der Waals surface area contributed by atoms with Crippen molar-refractivity contribution in [2.24, 2.45) is 0 Å². The van der Waals surface area contributed by atoms with Gasteiger partial charge in [0.2, 0.25) is 0 Å². The molecule has 0 spiro atoms. The molecule has 2 heterocycles. The molecule has 0 radical (unpaired) electrons. The monoisotopic (exact) mass is 306 g/mol. The van der Waals surface area contributed by atoms with Crippen molar-refractivity contribution in [1.82, 2.24) is 9.97 Å². The second kappa shape index (κ2) is 5.73. The number of fused-ring (bicyclic) bond motifs is 2. The summed E-state index contributed by atoms with van der Waals surface area (Å²) in [5.74, 6) is 0.866. The van der Waals surface area contributed by atoms with Gasteiger partial charge in [-0.1, -0.05) is 17.8 Å². The summed E-state index contributed by atoms with van der Waals surface area (Å²) in [5, 5.41) is 2.40. The van der Waals surface area contributed by atoms with Crippen molar-refractivity contribution in [2.75, 3.05) is 0 Å². The number of rotatable bonds is 3. The third-order valence-corrected chi connectivity index (χ3v) is 5.38. The van der Waals surface area contributed by atoms with Crippen molar-refractivity contribution in [2.45, 2.75) is 37.0 Å². The zero-order valence-corrected chi connectivity index (χ0v) is 13.5. The lowest BCUT2D eigenvalue weighted by molar-refractivity contribution is 0.912. The molecule has 0 fully saturated rings. The molecule has 0 saturated heterocycles. The van der Waals surface area contributed by atoms with Gasteiger partial charge >= 0.3 is 0 Å². The van der Waals surface area contributed by atoms with Crippen LogP contribution in [0.3, 0.4) is 0 Å². The van der Waals surface area contributed by atoms with Gasteiger partial charge in [-0.25, -0.2) is 4.98 Å². The first-order valence-electron chi connectivity index (χ1n) is 7.75. The SMILES string of the molecule is Cc1cc2cc3c(cc2nc1SCc1ccccn1)CCC3. The van der Waals surface area contributed by atoms with Crippen LogP contribution in [0, 0.1) is 6.92 Å². The third kappa shape index (κ3) is 2.61. The average molecular weight is 306 g/mol. The first-order chi connectivity index (χ1) is 10.8. The van der Waals surface area contributed by atoms with Gasteiger partial charge in [0, 0.05) is 17.3 Å². The van der Waals surface area contributed by atoms with Gasteiger partial charge in [0.15, 0.2) is 0 Å². The molecular formula is C19H18N2S. The maximum atomic E-state index is 4.90. The minimum Gasteiger partial charge on any atom is -0.260 e. The van der Waals surface area contributed by atoms with Crippen molar-refractivity contribution in [1.29, 1.82) is 0 Å². The molecule has 3 heteroatoms. The fourth-order valence-corrected chi connectivity index (χ4v) is 4.01. The van der Waals surface area contributed by atoms with Crippen LogP contribution in [0.2, 0.25) is 0 Å². The molecule has 3 aromatic rings. The Bertz CT molecular complexity index is 828. The molecule has 0 amide bonds. The fourth-order valence-electron chi connectivity index (χ4n) is 3.11. The molecule has 22 heavy (non-hydrogen) atoms. The van der Waals surface area contributed by atoms with E-state index in [0.29, 0.717) is 0 Å². The Kier molecular flexibility index (Phi) is 3.59. The van der Waals surface area contributed by atoms with Gasteiger partial charge in [-0.05, 0) is 73.2 Å². The highest BCUT2D eigenvalue weighted by Crippen LogP contribution is 2.30. The molecule has 110 valence electrons. The van der Waals surface area contributed by atoms with Gasteiger partial charge in [0.05, 0.1) is 11.2 Å². The summed E-state index contributed by atoms with van der Waals surface area (Å²) in [5.41, 5.74) is 6.50. The van der Waals surface area contributed by atoms with Crippen LogP contribution < -0.4 is 0 Å². The number of thioether (sulfide) groups is 1. The summed E-state index contributed by atoms with van der Waals surface area (Å²) in [6.07, 6.45) is 5.56. The van der Waals surface area contributed by atoms with E-state index in [2.05, 4.69) is 36.2 Å². The summed E-state index contributed by atoms with van der Waals surface area (Å²) < 4.78 is 0. The molecule has 1 aliphatic rings. The van der Waals surface area contributed by atoms with Gasteiger partial charge in [-0.2, -0.15) is 0 Å². The third-order valence-electron chi connectivity index (χ3n) is 4.26. The van der Waals surface area contributed by atoms with Crippen molar-refractivity contribution in [3.63, 3.8) is 0 Å². The van der Waals surface area contributed by atoms with E-state index in [1.807, 2.05) is 18.3 Å². The molecule has 1 aromatic carbocycles. The number of hydrogen-bond donors (Lipinski definition) is 0. The van der Waals surface area contributed by atoms with E-state index >= 15 is 0 Å². The summed E-state index contributed by atoms with van der Waals surface area (Å²) in [7, 11) is 0. The van der Waals surface area contributed by atoms with E-state index in [9.17, 15) is 0 Å². The molecule has 0 saturated carbocycles. The molecule has 0 atom stereocenters. The van der Waals surface area contributed by atoms with Crippen molar-refractivity contribution in [3.05, 3.63) is 65.0 Å². The standard InChI is InChI=1S/C19H18N2S/c1-13-9-16-10-14-5-4-6-15(14)11-18(16)21-19(13)22-12-17-7-2-3-8-20-17/h2-3,7-11H,4-6,12H2,1H3. The Hall–Kier alpha value is -1.87. The Morgan fingerprint density at radius 1 is 1.09 bits per heavy atom. The van der Waals surface area contributed by atoms with Gasteiger partial charge in [0.1, 0.15) is 5.03 Å². The minimum absolute atomic E-state index is 0.866. The van der Waals surface area contributed by atoms with Gasteiger partial charge in [-0.15, -0.1) is 0 Å². The van der Waals surface area contributed by atoms with Gasteiger partial charge < -0.3 is 0 Å². The molecular weight excluding hydrogens is 288 g/mol. The van der Waals surface area contributed by atoms with E-state index in [-0.39, 0.29) is 0 Å². The number of pyridine rings is 2. The Labute approximate surface area is 135 Å². The predicted octanol–water partition coefficient (Wildman–Crippen LogP) is 4.72. The molecule has 0 bridgehead atoms. The molecule has 0 unspecified atom stereocenters. The maximum Gasteiger partial charge on any atom is 0.100 e. The zero-order valence-electron chi connectivity index (χ0n) is 12.7. The smallest absolute Gasteiger partial charge is 0.100 e. The van der Waals surface area contributed by atoms with Crippen LogP contribution in [0.5, 0.6) is 0 Å². The normalized spacial score (nSPS) is 13.5. The van der Waals surface area contributed by atoms with Crippen LogP contribution in [0.1, 0.15) is 28.8 Å². The molecule has 2 aromatic heterocycles. The van der Waals surface area contributed by atoms with Crippen molar-refractivity contribution < 1.29 is 0 Å². The quantitative estimate of drug-likeness (QED) is 0.655. The molecule has 0 N–H and O–H groups in total. The topological polar surface area (TPSA) is 25.8 Å². The van der Waals surface area contributed by atoms with E-state index in [0.717, 1.165) is 22.0 Å². The van der Waals surface area contributed by atoms with E-state index < -0.39 is 0 Å². The highest BCUT2D eigenvalue weighted by atomic mass is 32.2. The molecule has 4 rings (SSSR count). The van der Waals surface area contributed by atoms with Crippen LogP contribution in [0.25, 0.3) is 10.9 Å². The lowest BCUT2D eigenvalue weighted by Gasteiger charge is -2.09. The van der Waals surface area contributed by atoms with Crippen LogP contribution in [0.15, 0.2) is 47.6 Å². The van der Waals surface area contributed by atoms with Gasteiger partial charge in [0.25, 0.3) is 0 Å². The first kappa shape index (κ1) is 13.8. The minimum atomic E-state index is 0.866. The Morgan fingerprint density at radius 3 is 2.77 bits per heavy atom. The van der Waals surface area contributed by atoms with Crippen molar-refractivity contribution in [3.8, 4) is 0 Å². The molecule has 2 nitrogen and oxygen atoms in total. The highest BCUT2D eigenvalue weighted by molar-refractivity contribution is 7.98. The number of benzene rings is 1. The van der Waals surface area contributed by atoms with E-state index in [1.165, 1.54) is 41.3 Å².